The summed E-state index contributed by atoms with van der Waals surface area (Å²) < 4.78 is 76.7. The van der Waals surface area contributed by atoms with Gasteiger partial charge in [-0.05, 0) is 6.42 Å². The second kappa shape index (κ2) is 10.1. The molecule has 0 spiro atoms. The molecule has 1 fully saturated rings. The normalized spacial score (nSPS) is 14.8. The maximum absolute atomic E-state index is 13.0. The zero-order valence-electron chi connectivity index (χ0n) is 17.5. The van der Waals surface area contributed by atoms with Crippen LogP contribution < -0.4 is 21.1 Å². The highest BCUT2D eigenvalue weighted by Crippen LogP contribution is 2.31. The number of piperazine rings is 1. The second-order valence-corrected chi connectivity index (χ2v) is 7.23. The highest BCUT2D eigenvalue weighted by molar-refractivity contribution is 5.74. The highest BCUT2D eigenvalue weighted by atomic mass is 19.4. The maximum atomic E-state index is 13.0. The van der Waals surface area contributed by atoms with Crippen molar-refractivity contribution < 1.29 is 31.1 Å². The largest absolute Gasteiger partial charge is 0.451 e. The zero-order valence-corrected chi connectivity index (χ0v) is 17.5. The highest BCUT2D eigenvalue weighted by Gasteiger charge is 2.37. The van der Waals surface area contributed by atoms with Crippen LogP contribution in [-0.2, 0) is 12.4 Å². The van der Waals surface area contributed by atoms with Crippen molar-refractivity contribution in [2.75, 3.05) is 49.5 Å². The Morgan fingerprint density at radius 3 is 2.21 bits per heavy atom. The van der Waals surface area contributed by atoms with E-state index in [2.05, 4.69) is 25.7 Å². The van der Waals surface area contributed by atoms with Crippen molar-refractivity contribution in [3.8, 4) is 0 Å². The van der Waals surface area contributed by atoms with Crippen LogP contribution in [0.3, 0.4) is 0 Å². The molecule has 0 unspecified atom stereocenters. The monoisotopic (exact) mass is 494 g/mol. The van der Waals surface area contributed by atoms with Gasteiger partial charge in [0.1, 0.15) is 5.56 Å². The molecule has 3 N–H and O–H groups in total. The first-order valence-electron chi connectivity index (χ1n) is 10.0. The van der Waals surface area contributed by atoms with E-state index in [-0.39, 0.29) is 25.5 Å². The van der Waals surface area contributed by atoms with Gasteiger partial charge in [0.25, 0.3) is 5.56 Å². The quantitative estimate of drug-likeness (QED) is 0.415. The Hall–Kier alpha value is -3.59. The van der Waals surface area contributed by atoms with Crippen LogP contribution in [0.1, 0.15) is 17.8 Å². The molecule has 16 heteroatoms. The predicted molar refractivity (Wildman–Crippen MR) is 107 cm³/mol. The van der Waals surface area contributed by atoms with Crippen LogP contribution in [0.15, 0.2) is 23.4 Å². The average molecular weight is 494 g/mol. The summed E-state index contributed by atoms with van der Waals surface area (Å²) >= 11 is 0. The van der Waals surface area contributed by atoms with Crippen LogP contribution in [0.2, 0.25) is 0 Å². The number of aromatic nitrogens is 4. The second-order valence-electron chi connectivity index (χ2n) is 7.23. The molecule has 3 heterocycles. The van der Waals surface area contributed by atoms with E-state index in [1.54, 1.807) is 10.00 Å². The number of halogens is 6. The molecular formula is C18H20F6N8O2. The lowest BCUT2D eigenvalue weighted by Gasteiger charge is -2.35. The number of carbonyl (C=O) groups is 1. The minimum Gasteiger partial charge on any atom is -0.383 e. The van der Waals surface area contributed by atoms with Crippen LogP contribution in [0.25, 0.3) is 0 Å². The van der Waals surface area contributed by atoms with Crippen LogP contribution >= 0.6 is 0 Å². The van der Waals surface area contributed by atoms with Gasteiger partial charge in [0, 0.05) is 39.3 Å². The number of alkyl halides is 6. The van der Waals surface area contributed by atoms with E-state index >= 15 is 0 Å². The van der Waals surface area contributed by atoms with Gasteiger partial charge in [0.2, 0.25) is 5.82 Å². The van der Waals surface area contributed by atoms with E-state index in [4.69, 9.17) is 0 Å². The number of carbonyl (C=O) groups excluding carboxylic acids is 1. The molecule has 0 saturated carbocycles. The molecule has 1 saturated heterocycles. The smallest absolute Gasteiger partial charge is 0.383 e. The first-order valence-corrected chi connectivity index (χ1v) is 10.0. The fourth-order valence-corrected chi connectivity index (χ4v) is 3.23. The molecule has 1 aliphatic rings. The minimum absolute atomic E-state index is 0.0518. The van der Waals surface area contributed by atoms with E-state index < -0.39 is 35.0 Å². The van der Waals surface area contributed by atoms with Gasteiger partial charge < -0.3 is 20.4 Å². The molecule has 0 atom stereocenters. The Morgan fingerprint density at radius 1 is 0.971 bits per heavy atom. The topological polar surface area (TPSA) is 119 Å². The fourth-order valence-electron chi connectivity index (χ4n) is 3.23. The van der Waals surface area contributed by atoms with E-state index in [1.807, 2.05) is 0 Å². The third-order valence-electron chi connectivity index (χ3n) is 4.91. The molecule has 0 radical (unpaired) electrons. The van der Waals surface area contributed by atoms with Crippen molar-refractivity contribution in [2.45, 2.75) is 18.8 Å². The summed E-state index contributed by atoms with van der Waals surface area (Å²) in [5.74, 6) is -1.23. The van der Waals surface area contributed by atoms with Crippen molar-refractivity contribution in [3.05, 3.63) is 40.3 Å². The number of amides is 2. The van der Waals surface area contributed by atoms with Crippen LogP contribution in [-0.4, -0.2) is 70.4 Å². The molecule has 10 nitrogen and oxygen atoms in total. The molecule has 1 aliphatic heterocycles. The summed E-state index contributed by atoms with van der Waals surface area (Å²) in [5, 5.41) is 10.2. The van der Waals surface area contributed by atoms with Gasteiger partial charge in [0.15, 0.2) is 0 Å². The first-order chi connectivity index (χ1) is 16.0. The van der Waals surface area contributed by atoms with Gasteiger partial charge in [-0.15, -0.1) is 0 Å². The molecular weight excluding hydrogens is 474 g/mol. The summed E-state index contributed by atoms with van der Waals surface area (Å²) in [4.78, 5) is 33.6. The molecule has 2 amide bonds. The third-order valence-corrected chi connectivity index (χ3v) is 4.91. The van der Waals surface area contributed by atoms with Gasteiger partial charge in [0.05, 0.1) is 30.0 Å². The summed E-state index contributed by atoms with van der Waals surface area (Å²) in [6, 6.07) is -0.378. The standard InChI is InChI=1S/C18H20F6N8O2/c19-17(20,21)13-12(10-29-30-14(13)33)25-2-1-3-26-16(34)32-6-4-31(5-7-32)11-8-27-15(28-9-11)18(22,23)24/h8-10H,1-7H2,(H,26,34)(H2,25,30,33). The summed E-state index contributed by atoms with van der Waals surface area (Å²) in [6.45, 7) is 1.54. The molecule has 34 heavy (non-hydrogen) atoms. The number of nitrogens with one attached hydrogen (secondary N) is 3. The van der Waals surface area contributed by atoms with Crippen molar-refractivity contribution in [3.63, 3.8) is 0 Å². The van der Waals surface area contributed by atoms with Gasteiger partial charge >= 0.3 is 18.4 Å². The van der Waals surface area contributed by atoms with Gasteiger partial charge in [-0.25, -0.2) is 19.9 Å². The van der Waals surface area contributed by atoms with Gasteiger partial charge in [-0.1, -0.05) is 0 Å². The lowest BCUT2D eigenvalue weighted by molar-refractivity contribution is -0.145. The molecule has 186 valence electrons. The van der Waals surface area contributed by atoms with E-state index in [0.717, 1.165) is 18.6 Å². The molecule has 0 bridgehead atoms. The predicted octanol–water partition coefficient (Wildman–Crippen LogP) is 1.93. The van der Waals surface area contributed by atoms with E-state index in [9.17, 15) is 35.9 Å². The Bertz CT molecular complexity index is 1030. The Labute approximate surface area is 188 Å². The number of hydrogen-bond donors (Lipinski definition) is 3. The minimum atomic E-state index is -4.85. The number of aromatic amines is 1. The van der Waals surface area contributed by atoms with Crippen LogP contribution in [0.5, 0.6) is 0 Å². The number of hydrogen-bond acceptors (Lipinski definition) is 7. The zero-order chi connectivity index (χ0) is 24.9. The summed E-state index contributed by atoms with van der Waals surface area (Å²) in [5.41, 5.74) is -2.77. The van der Waals surface area contributed by atoms with Crippen molar-refractivity contribution in [1.29, 1.82) is 0 Å². The van der Waals surface area contributed by atoms with Gasteiger partial charge in [-0.2, -0.15) is 31.4 Å². The summed E-state index contributed by atoms with van der Waals surface area (Å²) in [7, 11) is 0. The first kappa shape index (κ1) is 25.0. The molecule has 2 aromatic rings. The number of anilines is 2. The number of nitrogens with zero attached hydrogens (tertiary/aromatic N) is 5. The Morgan fingerprint density at radius 2 is 1.62 bits per heavy atom. The molecule has 0 aromatic carbocycles. The van der Waals surface area contributed by atoms with Gasteiger partial charge in [-0.3, -0.25) is 4.79 Å². The number of urea groups is 1. The third kappa shape index (κ3) is 6.26. The lowest BCUT2D eigenvalue weighted by atomic mass is 10.2. The summed E-state index contributed by atoms with van der Waals surface area (Å²) in [6.07, 6.45) is -6.16. The van der Waals surface area contributed by atoms with E-state index in [0.29, 0.717) is 31.9 Å². The van der Waals surface area contributed by atoms with E-state index in [1.165, 1.54) is 4.90 Å². The van der Waals surface area contributed by atoms with Crippen molar-refractivity contribution in [1.82, 2.24) is 30.4 Å². The van der Waals surface area contributed by atoms with Crippen LogP contribution in [0.4, 0.5) is 42.5 Å². The lowest BCUT2D eigenvalue weighted by Crippen LogP contribution is -2.52. The maximum Gasteiger partial charge on any atom is 0.451 e. The Kier molecular flexibility index (Phi) is 7.46. The van der Waals surface area contributed by atoms with Crippen molar-refractivity contribution in [2.24, 2.45) is 0 Å². The molecule has 2 aromatic heterocycles. The molecule has 3 rings (SSSR count). The number of H-pyrrole nitrogens is 1. The SMILES string of the molecule is O=C(NCCCNc1cn[nH]c(=O)c1C(F)(F)F)N1CCN(c2cnc(C(F)(F)F)nc2)CC1. The average Bonchev–Trinajstić information content (AvgIpc) is 2.77. The molecule has 0 aliphatic carbocycles. The Balaban J connectivity index is 1.40. The number of rotatable bonds is 6. The fraction of sp³-hybridized carbons (Fsp3) is 0.500. The van der Waals surface area contributed by atoms with Crippen molar-refractivity contribution >= 4 is 17.4 Å². The van der Waals surface area contributed by atoms with Crippen LogP contribution in [0, 0.1) is 0 Å².